The molecule has 0 atom stereocenters. The number of aromatic nitrogens is 4. The van der Waals surface area contributed by atoms with E-state index in [2.05, 4.69) is 14.9 Å². The molecule has 1 saturated heterocycles. The molecule has 0 aliphatic carbocycles. The average Bonchev–Trinajstić information content (AvgIpc) is 2.97. The SMILES string of the molecule is Cc1ccnc(SCC(=O)N2CCCN(c3cc(=O)n(C(C)C)c(=O)n3C(C)C)CC2)n1. The molecule has 0 unspecified atom stereocenters. The average molecular weight is 461 g/mol. The Morgan fingerprint density at radius 2 is 1.78 bits per heavy atom. The van der Waals surface area contributed by atoms with Crippen molar-refractivity contribution in [3.05, 3.63) is 44.9 Å². The minimum atomic E-state index is -0.288. The van der Waals surface area contributed by atoms with Crippen LogP contribution in [0.15, 0.2) is 33.1 Å². The van der Waals surface area contributed by atoms with Gasteiger partial charge >= 0.3 is 5.69 Å². The number of anilines is 1. The number of nitrogens with zero attached hydrogens (tertiary/aromatic N) is 6. The van der Waals surface area contributed by atoms with Crippen LogP contribution >= 0.6 is 11.8 Å². The number of carbonyl (C=O) groups is 1. The molecule has 10 heteroatoms. The lowest BCUT2D eigenvalue weighted by molar-refractivity contribution is -0.128. The summed E-state index contributed by atoms with van der Waals surface area (Å²) >= 11 is 1.34. The maximum atomic E-state index is 13.1. The summed E-state index contributed by atoms with van der Waals surface area (Å²) in [5.41, 5.74) is 0.295. The largest absolute Gasteiger partial charge is 0.356 e. The summed E-state index contributed by atoms with van der Waals surface area (Å²) in [6.07, 6.45) is 2.46. The van der Waals surface area contributed by atoms with Gasteiger partial charge in [-0.2, -0.15) is 0 Å². The summed E-state index contributed by atoms with van der Waals surface area (Å²) in [7, 11) is 0. The van der Waals surface area contributed by atoms with E-state index in [-0.39, 0.29) is 35.0 Å². The predicted molar refractivity (Wildman–Crippen MR) is 127 cm³/mol. The third-order valence-electron chi connectivity index (χ3n) is 5.45. The van der Waals surface area contributed by atoms with E-state index in [1.807, 2.05) is 45.6 Å². The highest BCUT2D eigenvalue weighted by Gasteiger charge is 2.24. The lowest BCUT2D eigenvalue weighted by Crippen LogP contribution is -2.45. The smallest absolute Gasteiger partial charge is 0.333 e. The molecule has 1 amide bonds. The van der Waals surface area contributed by atoms with Crippen LogP contribution < -0.4 is 16.1 Å². The van der Waals surface area contributed by atoms with Crippen LogP contribution in [0.1, 0.15) is 51.9 Å². The Kier molecular flexibility index (Phi) is 7.76. The van der Waals surface area contributed by atoms with E-state index in [4.69, 9.17) is 0 Å². The molecule has 0 aromatic carbocycles. The number of hydrogen-bond donors (Lipinski definition) is 0. The third-order valence-corrected chi connectivity index (χ3v) is 6.30. The summed E-state index contributed by atoms with van der Waals surface area (Å²) in [5, 5.41) is 0.599. The number of hydrogen-bond acceptors (Lipinski definition) is 7. The number of amides is 1. The van der Waals surface area contributed by atoms with E-state index in [1.165, 1.54) is 16.3 Å². The van der Waals surface area contributed by atoms with Gasteiger partial charge in [-0.3, -0.25) is 18.7 Å². The first-order valence-electron chi connectivity index (χ1n) is 11.0. The maximum absolute atomic E-state index is 13.1. The van der Waals surface area contributed by atoms with Gasteiger partial charge in [-0.25, -0.2) is 14.8 Å². The second-order valence-corrected chi connectivity index (χ2v) is 9.48. The fourth-order valence-electron chi connectivity index (χ4n) is 3.87. The lowest BCUT2D eigenvalue weighted by Gasteiger charge is -2.28. The van der Waals surface area contributed by atoms with Crippen LogP contribution in [0.4, 0.5) is 5.82 Å². The topological polar surface area (TPSA) is 93.3 Å². The van der Waals surface area contributed by atoms with Crippen molar-refractivity contribution < 1.29 is 4.79 Å². The highest BCUT2D eigenvalue weighted by molar-refractivity contribution is 7.99. The van der Waals surface area contributed by atoms with Gasteiger partial charge in [0.15, 0.2) is 5.16 Å². The van der Waals surface area contributed by atoms with Crippen molar-refractivity contribution in [2.24, 2.45) is 0 Å². The van der Waals surface area contributed by atoms with Crippen molar-refractivity contribution in [3.63, 3.8) is 0 Å². The number of thioether (sulfide) groups is 1. The van der Waals surface area contributed by atoms with Crippen LogP contribution in [0.3, 0.4) is 0 Å². The van der Waals surface area contributed by atoms with Crippen LogP contribution in [0, 0.1) is 6.92 Å². The highest BCUT2D eigenvalue weighted by Crippen LogP contribution is 2.19. The quantitative estimate of drug-likeness (QED) is 0.481. The Bertz CT molecular complexity index is 1080. The van der Waals surface area contributed by atoms with Crippen molar-refractivity contribution in [1.82, 2.24) is 24.0 Å². The van der Waals surface area contributed by atoms with E-state index in [0.29, 0.717) is 37.2 Å². The first-order valence-corrected chi connectivity index (χ1v) is 12.0. The molecule has 9 nitrogen and oxygen atoms in total. The van der Waals surface area contributed by atoms with E-state index in [9.17, 15) is 14.4 Å². The molecular weight excluding hydrogens is 428 g/mol. The summed E-state index contributed by atoms with van der Waals surface area (Å²) in [6, 6.07) is 3.09. The Morgan fingerprint density at radius 1 is 1.06 bits per heavy atom. The molecule has 3 heterocycles. The molecule has 3 rings (SSSR count). The Hall–Kier alpha value is -2.62. The van der Waals surface area contributed by atoms with Gasteiger partial charge in [0, 0.05) is 56.2 Å². The minimum Gasteiger partial charge on any atom is -0.356 e. The van der Waals surface area contributed by atoms with Gasteiger partial charge in [0.25, 0.3) is 5.56 Å². The highest BCUT2D eigenvalue weighted by atomic mass is 32.2. The zero-order chi connectivity index (χ0) is 23.4. The van der Waals surface area contributed by atoms with Crippen LogP contribution in [0.5, 0.6) is 0 Å². The van der Waals surface area contributed by atoms with Crippen LogP contribution in [0.25, 0.3) is 0 Å². The number of rotatable bonds is 6. The van der Waals surface area contributed by atoms with Crippen LogP contribution in [-0.4, -0.2) is 61.8 Å². The Labute approximate surface area is 192 Å². The molecule has 2 aromatic heterocycles. The molecule has 174 valence electrons. The summed E-state index contributed by atoms with van der Waals surface area (Å²) in [4.78, 5) is 50.9. The van der Waals surface area contributed by atoms with Crippen molar-refractivity contribution in [2.45, 2.75) is 58.3 Å². The van der Waals surface area contributed by atoms with Crippen molar-refractivity contribution in [3.8, 4) is 0 Å². The minimum absolute atomic E-state index is 0.0402. The number of aryl methyl sites for hydroxylation is 1. The van der Waals surface area contributed by atoms with E-state index >= 15 is 0 Å². The Balaban J connectivity index is 1.74. The molecular formula is C22H32N6O3S. The first-order chi connectivity index (χ1) is 15.2. The van der Waals surface area contributed by atoms with Crippen molar-refractivity contribution in [1.29, 1.82) is 0 Å². The maximum Gasteiger partial charge on any atom is 0.333 e. The second-order valence-electron chi connectivity index (χ2n) is 8.54. The Morgan fingerprint density at radius 3 is 2.44 bits per heavy atom. The molecule has 2 aromatic rings. The molecule has 0 saturated carbocycles. The third kappa shape index (κ3) is 5.40. The fraction of sp³-hybridized carbons (Fsp3) is 0.591. The monoisotopic (exact) mass is 460 g/mol. The molecule has 1 aliphatic heterocycles. The standard InChI is InChI=1S/C22H32N6O3S/c1-15(2)27-18(13-19(29)28(16(3)4)22(27)31)25-9-6-10-26(12-11-25)20(30)14-32-21-23-8-7-17(5)24-21/h7-8,13,15-16H,6,9-12,14H2,1-5H3. The van der Waals surface area contributed by atoms with Gasteiger partial charge in [-0.15, -0.1) is 0 Å². The molecule has 1 aliphatic rings. The molecule has 0 radical (unpaired) electrons. The fourth-order valence-corrected chi connectivity index (χ4v) is 4.65. The predicted octanol–water partition coefficient (Wildman–Crippen LogP) is 2.10. The van der Waals surface area contributed by atoms with Crippen LogP contribution in [-0.2, 0) is 4.79 Å². The van der Waals surface area contributed by atoms with E-state index < -0.39 is 0 Å². The molecule has 32 heavy (non-hydrogen) atoms. The molecule has 0 N–H and O–H groups in total. The molecule has 0 bridgehead atoms. The lowest BCUT2D eigenvalue weighted by atomic mass is 10.3. The molecule has 1 fully saturated rings. The zero-order valence-corrected chi connectivity index (χ0v) is 20.3. The van der Waals surface area contributed by atoms with Gasteiger partial charge in [0.1, 0.15) is 5.82 Å². The van der Waals surface area contributed by atoms with Gasteiger partial charge in [-0.1, -0.05) is 11.8 Å². The summed E-state index contributed by atoms with van der Waals surface area (Å²) in [5.74, 6) is 0.951. The second kappa shape index (κ2) is 10.3. The van der Waals surface area contributed by atoms with Gasteiger partial charge in [-0.05, 0) is 47.1 Å². The first kappa shape index (κ1) is 24.0. The number of carbonyl (C=O) groups excluding carboxylic acids is 1. The van der Waals surface area contributed by atoms with Crippen molar-refractivity contribution in [2.75, 3.05) is 36.8 Å². The molecule has 0 spiro atoms. The zero-order valence-electron chi connectivity index (χ0n) is 19.4. The van der Waals surface area contributed by atoms with E-state index in [1.54, 1.807) is 16.8 Å². The van der Waals surface area contributed by atoms with E-state index in [0.717, 1.165) is 12.1 Å². The summed E-state index contributed by atoms with van der Waals surface area (Å²) in [6.45, 7) is 11.9. The van der Waals surface area contributed by atoms with Gasteiger partial charge in [0.2, 0.25) is 5.91 Å². The van der Waals surface area contributed by atoms with Crippen LogP contribution in [0.2, 0.25) is 0 Å². The van der Waals surface area contributed by atoms with Gasteiger partial charge < -0.3 is 9.80 Å². The van der Waals surface area contributed by atoms with Crippen molar-refractivity contribution >= 4 is 23.5 Å². The normalized spacial score (nSPS) is 14.8. The van der Waals surface area contributed by atoms with Gasteiger partial charge in [0.05, 0.1) is 5.75 Å². The summed E-state index contributed by atoms with van der Waals surface area (Å²) < 4.78 is 2.98.